The zero-order valence-corrected chi connectivity index (χ0v) is 14.2. The minimum Gasteiger partial charge on any atom is -0.497 e. The van der Waals surface area contributed by atoms with Crippen LogP contribution < -0.4 is 10.5 Å². The lowest BCUT2D eigenvalue weighted by Crippen LogP contribution is -2.36. The highest BCUT2D eigenvalue weighted by atomic mass is 16.5. The first-order chi connectivity index (χ1) is 11.5. The monoisotopic (exact) mass is 329 g/mol. The van der Waals surface area contributed by atoms with E-state index in [2.05, 4.69) is 27.2 Å². The summed E-state index contributed by atoms with van der Waals surface area (Å²) in [7, 11) is 5.75. The van der Waals surface area contributed by atoms with Gasteiger partial charge < -0.3 is 20.3 Å². The minimum atomic E-state index is -0.0675. The van der Waals surface area contributed by atoms with Gasteiger partial charge in [0.1, 0.15) is 17.3 Å². The molecule has 3 N–H and O–H groups in total. The van der Waals surface area contributed by atoms with Gasteiger partial charge in [-0.2, -0.15) is 5.10 Å². The maximum atomic E-state index is 12.7. The van der Waals surface area contributed by atoms with Crippen molar-refractivity contribution < 1.29 is 9.53 Å². The molecule has 7 nitrogen and oxygen atoms in total. The topological polar surface area (TPSA) is 87.5 Å². The Balaban J connectivity index is 1.82. The Morgan fingerprint density at radius 3 is 2.58 bits per heavy atom. The van der Waals surface area contributed by atoms with Crippen LogP contribution in [0.25, 0.3) is 0 Å². The van der Waals surface area contributed by atoms with Gasteiger partial charge in [0.25, 0.3) is 5.91 Å². The lowest BCUT2D eigenvalue weighted by molar-refractivity contribution is 0.0776. The molecule has 128 valence electrons. The van der Waals surface area contributed by atoms with Crippen molar-refractivity contribution in [1.82, 2.24) is 20.0 Å². The minimum absolute atomic E-state index is 0.0675. The summed E-state index contributed by atoms with van der Waals surface area (Å²) < 4.78 is 5.23. The third-order valence-corrected chi connectivity index (χ3v) is 4.61. The number of anilines is 1. The maximum Gasteiger partial charge on any atom is 0.272 e. The fourth-order valence-electron chi connectivity index (χ4n) is 3.27. The number of carbonyl (C=O) groups is 1. The number of aromatic amines is 1. The molecule has 24 heavy (non-hydrogen) atoms. The predicted molar refractivity (Wildman–Crippen MR) is 92.1 cm³/mol. The first-order valence-electron chi connectivity index (χ1n) is 7.90. The van der Waals surface area contributed by atoms with Gasteiger partial charge in [-0.15, -0.1) is 0 Å². The molecule has 2 atom stereocenters. The zero-order chi connectivity index (χ0) is 17.3. The summed E-state index contributed by atoms with van der Waals surface area (Å²) >= 11 is 0. The number of nitrogens with two attached hydrogens (primary N) is 1. The number of nitrogen functional groups attached to an aromatic ring is 1. The van der Waals surface area contributed by atoms with Crippen LogP contribution in [0.15, 0.2) is 30.3 Å². The lowest BCUT2D eigenvalue weighted by Gasteiger charge is -2.25. The quantitative estimate of drug-likeness (QED) is 0.879. The van der Waals surface area contributed by atoms with Crippen LogP contribution in [-0.2, 0) is 0 Å². The van der Waals surface area contributed by atoms with Gasteiger partial charge in [-0.3, -0.25) is 9.89 Å². The second-order valence-electron chi connectivity index (χ2n) is 6.33. The highest BCUT2D eigenvalue weighted by molar-refractivity contribution is 5.93. The predicted octanol–water partition coefficient (Wildman–Crippen LogP) is 1.17. The van der Waals surface area contributed by atoms with Gasteiger partial charge in [0.15, 0.2) is 0 Å². The molecule has 0 radical (unpaired) electrons. The summed E-state index contributed by atoms with van der Waals surface area (Å²) in [6, 6.07) is 9.89. The number of benzene rings is 1. The van der Waals surface area contributed by atoms with E-state index in [9.17, 15) is 4.79 Å². The number of aromatic nitrogens is 2. The number of likely N-dealkylation sites (tertiary alicyclic amines) is 1. The van der Waals surface area contributed by atoms with E-state index in [1.807, 2.05) is 31.1 Å². The number of rotatable bonds is 4. The van der Waals surface area contributed by atoms with Crippen molar-refractivity contribution in [3.05, 3.63) is 41.6 Å². The zero-order valence-electron chi connectivity index (χ0n) is 14.2. The third-order valence-electron chi connectivity index (χ3n) is 4.61. The van der Waals surface area contributed by atoms with E-state index in [4.69, 9.17) is 10.5 Å². The number of hydrogen-bond donors (Lipinski definition) is 2. The molecule has 1 aliphatic heterocycles. The standard InChI is InChI=1S/C17H23N5O2/c1-21(2)15-10-22(17(23)14-8-16(18)20-19-14)9-13(15)11-4-6-12(24-3)7-5-11/h4-8,13,15H,9-10H2,1-3H3,(H3,18,19,20)/t13-,15+/m0/s1. The Kier molecular flexibility index (Phi) is 4.44. The second kappa shape index (κ2) is 6.52. The van der Waals surface area contributed by atoms with Crippen LogP contribution in [0.3, 0.4) is 0 Å². The van der Waals surface area contributed by atoms with Gasteiger partial charge in [-0.25, -0.2) is 0 Å². The van der Waals surface area contributed by atoms with Gasteiger partial charge >= 0.3 is 0 Å². The Morgan fingerprint density at radius 1 is 1.33 bits per heavy atom. The van der Waals surface area contributed by atoms with Crippen molar-refractivity contribution in [2.75, 3.05) is 40.0 Å². The van der Waals surface area contributed by atoms with Crippen LogP contribution in [0.1, 0.15) is 22.0 Å². The number of nitrogens with zero attached hydrogens (tertiary/aromatic N) is 3. The molecule has 1 aliphatic rings. The highest BCUT2D eigenvalue weighted by Gasteiger charge is 2.38. The Bertz CT molecular complexity index is 710. The molecule has 0 bridgehead atoms. The van der Waals surface area contributed by atoms with Crippen molar-refractivity contribution in [2.24, 2.45) is 0 Å². The summed E-state index contributed by atoms with van der Waals surface area (Å²) in [6.45, 7) is 1.33. The summed E-state index contributed by atoms with van der Waals surface area (Å²) in [4.78, 5) is 16.7. The van der Waals surface area contributed by atoms with E-state index in [0.29, 0.717) is 24.6 Å². The summed E-state index contributed by atoms with van der Waals surface area (Å²) in [6.07, 6.45) is 0. The average Bonchev–Trinajstić information content (AvgIpc) is 3.21. The van der Waals surface area contributed by atoms with Gasteiger partial charge in [0.2, 0.25) is 0 Å². The van der Waals surface area contributed by atoms with Crippen LogP contribution in [0, 0.1) is 0 Å². The van der Waals surface area contributed by atoms with Crippen molar-refractivity contribution in [1.29, 1.82) is 0 Å². The fourth-order valence-corrected chi connectivity index (χ4v) is 3.27. The largest absolute Gasteiger partial charge is 0.497 e. The SMILES string of the molecule is COc1ccc([C@@H]2CN(C(=O)c3cc(N)n[nH]3)C[C@H]2N(C)C)cc1. The van der Waals surface area contributed by atoms with Gasteiger partial charge in [-0.05, 0) is 31.8 Å². The number of amides is 1. The second-order valence-corrected chi connectivity index (χ2v) is 6.33. The molecule has 1 aromatic heterocycles. The molecule has 0 unspecified atom stereocenters. The van der Waals surface area contributed by atoms with E-state index < -0.39 is 0 Å². The Labute approximate surface area is 141 Å². The number of carbonyl (C=O) groups excluding carboxylic acids is 1. The van der Waals surface area contributed by atoms with Crippen LogP contribution >= 0.6 is 0 Å². The summed E-state index contributed by atoms with van der Waals surface area (Å²) in [5.41, 5.74) is 7.24. The van der Waals surface area contributed by atoms with Crippen molar-refractivity contribution in [3.8, 4) is 5.75 Å². The summed E-state index contributed by atoms with van der Waals surface area (Å²) in [5.74, 6) is 1.34. The molecule has 0 aliphatic carbocycles. The molecule has 7 heteroatoms. The Hall–Kier alpha value is -2.54. The third kappa shape index (κ3) is 3.07. The first-order valence-corrected chi connectivity index (χ1v) is 7.90. The normalized spacial score (nSPS) is 20.6. The van der Waals surface area contributed by atoms with Crippen molar-refractivity contribution in [3.63, 3.8) is 0 Å². The number of nitrogens with one attached hydrogen (secondary N) is 1. The number of H-pyrrole nitrogens is 1. The smallest absolute Gasteiger partial charge is 0.272 e. The fraction of sp³-hybridized carbons (Fsp3) is 0.412. The summed E-state index contributed by atoms with van der Waals surface area (Å²) in [5, 5.41) is 6.54. The van der Waals surface area contributed by atoms with E-state index in [1.165, 1.54) is 5.56 Å². The molecule has 0 saturated carbocycles. The van der Waals surface area contributed by atoms with Gasteiger partial charge in [0, 0.05) is 31.1 Å². The van der Waals surface area contributed by atoms with E-state index in [0.717, 1.165) is 5.75 Å². The molecule has 1 saturated heterocycles. The number of ether oxygens (including phenoxy) is 1. The van der Waals surface area contributed by atoms with Crippen LogP contribution in [0.2, 0.25) is 0 Å². The average molecular weight is 329 g/mol. The maximum absolute atomic E-state index is 12.7. The molecule has 0 spiro atoms. The van der Waals surface area contributed by atoms with E-state index in [-0.39, 0.29) is 17.9 Å². The lowest BCUT2D eigenvalue weighted by atomic mass is 9.93. The number of likely N-dealkylation sites (N-methyl/N-ethyl adjacent to an activating group) is 1. The highest BCUT2D eigenvalue weighted by Crippen LogP contribution is 2.32. The van der Waals surface area contributed by atoms with Crippen molar-refractivity contribution in [2.45, 2.75) is 12.0 Å². The van der Waals surface area contributed by atoms with Crippen LogP contribution in [0.5, 0.6) is 5.75 Å². The van der Waals surface area contributed by atoms with Gasteiger partial charge in [0.05, 0.1) is 7.11 Å². The molecule has 1 aromatic carbocycles. The first kappa shape index (κ1) is 16.3. The number of methoxy groups -OCH3 is 1. The molecular formula is C17H23N5O2. The van der Waals surface area contributed by atoms with Crippen LogP contribution in [-0.4, -0.2) is 66.2 Å². The van der Waals surface area contributed by atoms with Gasteiger partial charge in [-0.1, -0.05) is 12.1 Å². The molecule has 1 amide bonds. The van der Waals surface area contributed by atoms with Crippen LogP contribution in [0.4, 0.5) is 5.82 Å². The Morgan fingerprint density at radius 2 is 2.04 bits per heavy atom. The molecule has 2 aromatic rings. The van der Waals surface area contributed by atoms with Crippen molar-refractivity contribution >= 4 is 11.7 Å². The van der Waals surface area contributed by atoms with E-state index in [1.54, 1.807) is 13.2 Å². The van der Waals surface area contributed by atoms with E-state index >= 15 is 0 Å². The molecular weight excluding hydrogens is 306 g/mol. The number of hydrogen-bond acceptors (Lipinski definition) is 5. The molecule has 2 heterocycles. The molecule has 3 rings (SSSR count). The molecule has 1 fully saturated rings.